The van der Waals surface area contributed by atoms with E-state index in [1.165, 1.54) is 26.2 Å². The SMILES string of the molecule is COc1ccc(S(N)(=O)=O)cc1C(=O)OC(C)C(=O)NC1(C#N)CCCCC1. The highest BCUT2D eigenvalue weighted by molar-refractivity contribution is 7.89. The van der Waals surface area contributed by atoms with E-state index < -0.39 is 33.5 Å². The normalized spacial score (nSPS) is 17.1. The average molecular weight is 409 g/mol. The molecule has 1 aromatic carbocycles. The summed E-state index contributed by atoms with van der Waals surface area (Å²) in [5.41, 5.74) is -1.14. The minimum absolute atomic E-state index is 0.0748. The van der Waals surface area contributed by atoms with Crippen LogP contribution in [0.2, 0.25) is 0 Å². The first-order chi connectivity index (χ1) is 13.1. The zero-order chi connectivity index (χ0) is 20.9. The third-order valence-corrected chi connectivity index (χ3v) is 5.57. The van der Waals surface area contributed by atoms with Gasteiger partial charge in [-0.3, -0.25) is 4.79 Å². The van der Waals surface area contributed by atoms with E-state index in [2.05, 4.69) is 11.4 Å². The van der Waals surface area contributed by atoms with Crippen LogP contribution in [0.4, 0.5) is 0 Å². The summed E-state index contributed by atoms with van der Waals surface area (Å²) in [5, 5.41) is 17.2. The summed E-state index contributed by atoms with van der Waals surface area (Å²) in [6.07, 6.45) is 2.56. The number of nitrogens with zero attached hydrogens (tertiary/aromatic N) is 1. The molecule has 1 aliphatic rings. The second-order valence-electron chi connectivity index (χ2n) is 6.70. The molecule has 1 aromatic rings. The Morgan fingerprint density at radius 3 is 2.46 bits per heavy atom. The van der Waals surface area contributed by atoms with E-state index in [1.807, 2.05) is 0 Å². The summed E-state index contributed by atoms with van der Waals surface area (Å²) in [4.78, 5) is 24.6. The fourth-order valence-electron chi connectivity index (χ4n) is 3.06. The lowest BCUT2D eigenvalue weighted by molar-refractivity contribution is -0.130. The minimum Gasteiger partial charge on any atom is -0.496 e. The van der Waals surface area contributed by atoms with Crippen molar-refractivity contribution in [3.05, 3.63) is 23.8 Å². The predicted molar refractivity (Wildman–Crippen MR) is 98.8 cm³/mol. The van der Waals surface area contributed by atoms with Gasteiger partial charge in [-0.1, -0.05) is 19.3 Å². The van der Waals surface area contributed by atoms with E-state index in [1.54, 1.807) is 0 Å². The molecule has 0 radical (unpaired) electrons. The topological polar surface area (TPSA) is 149 Å². The number of esters is 1. The molecule has 9 nitrogen and oxygen atoms in total. The molecular weight excluding hydrogens is 386 g/mol. The smallest absolute Gasteiger partial charge is 0.342 e. The first-order valence-electron chi connectivity index (χ1n) is 8.77. The monoisotopic (exact) mass is 409 g/mol. The number of ether oxygens (including phenoxy) is 2. The number of nitriles is 1. The molecule has 3 N–H and O–H groups in total. The minimum atomic E-state index is -4.04. The fourth-order valence-corrected chi connectivity index (χ4v) is 3.60. The molecule has 1 atom stereocenters. The molecule has 1 fully saturated rings. The van der Waals surface area contributed by atoms with Crippen molar-refractivity contribution in [1.82, 2.24) is 5.32 Å². The average Bonchev–Trinajstić information content (AvgIpc) is 2.67. The van der Waals surface area contributed by atoms with Crippen LogP contribution in [0, 0.1) is 11.3 Å². The van der Waals surface area contributed by atoms with Crippen molar-refractivity contribution in [2.24, 2.45) is 5.14 Å². The first-order valence-corrected chi connectivity index (χ1v) is 10.3. The Morgan fingerprint density at radius 1 is 1.29 bits per heavy atom. The maximum absolute atomic E-state index is 12.5. The van der Waals surface area contributed by atoms with E-state index in [-0.39, 0.29) is 16.2 Å². The van der Waals surface area contributed by atoms with E-state index in [9.17, 15) is 23.3 Å². The molecule has 0 aliphatic heterocycles. The van der Waals surface area contributed by atoms with E-state index >= 15 is 0 Å². The number of sulfonamides is 1. The molecule has 0 bridgehead atoms. The molecule has 0 spiro atoms. The van der Waals surface area contributed by atoms with Crippen molar-refractivity contribution in [2.45, 2.75) is 55.6 Å². The Balaban J connectivity index is 2.15. The number of methoxy groups -OCH3 is 1. The second kappa shape index (κ2) is 8.58. The molecule has 1 amide bonds. The highest BCUT2D eigenvalue weighted by Crippen LogP contribution is 2.28. The number of hydrogen-bond acceptors (Lipinski definition) is 7. The van der Waals surface area contributed by atoms with Crippen LogP contribution in [-0.2, 0) is 19.6 Å². The maximum atomic E-state index is 12.5. The molecule has 2 rings (SSSR count). The van der Waals surface area contributed by atoms with Gasteiger partial charge in [-0.2, -0.15) is 5.26 Å². The van der Waals surface area contributed by atoms with Crippen LogP contribution in [0.5, 0.6) is 5.75 Å². The van der Waals surface area contributed by atoms with E-state index in [4.69, 9.17) is 14.6 Å². The van der Waals surface area contributed by atoms with Crippen LogP contribution < -0.4 is 15.2 Å². The van der Waals surface area contributed by atoms with Crippen LogP contribution in [-0.4, -0.2) is 39.0 Å². The molecule has 0 saturated heterocycles. The molecule has 1 saturated carbocycles. The third-order valence-electron chi connectivity index (χ3n) is 4.66. The van der Waals surface area contributed by atoms with Gasteiger partial charge in [0.15, 0.2) is 6.10 Å². The quantitative estimate of drug-likeness (QED) is 0.671. The van der Waals surface area contributed by atoms with Crippen molar-refractivity contribution in [3.8, 4) is 11.8 Å². The van der Waals surface area contributed by atoms with Crippen LogP contribution in [0.3, 0.4) is 0 Å². The number of amides is 1. The van der Waals surface area contributed by atoms with Gasteiger partial charge in [-0.05, 0) is 38.0 Å². The summed E-state index contributed by atoms with van der Waals surface area (Å²) in [5.74, 6) is -1.47. The summed E-state index contributed by atoms with van der Waals surface area (Å²) in [7, 11) is -2.73. The fraction of sp³-hybridized carbons (Fsp3) is 0.500. The van der Waals surface area contributed by atoms with Gasteiger partial charge in [-0.25, -0.2) is 18.4 Å². The Kier molecular flexibility index (Phi) is 6.64. The largest absolute Gasteiger partial charge is 0.496 e. The molecule has 10 heteroatoms. The molecule has 0 heterocycles. The van der Waals surface area contributed by atoms with Crippen LogP contribution >= 0.6 is 0 Å². The Morgan fingerprint density at radius 2 is 1.93 bits per heavy atom. The number of hydrogen-bond donors (Lipinski definition) is 2. The lowest BCUT2D eigenvalue weighted by Crippen LogP contribution is -2.52. The number of benzene rings is 1. The molecule has 28 heavy (non-hydrogen) atoms. The lowest BCUT2D eigenvalue weighted by atomic mass is 9.83. The molecule has 1 aliphatic carbocycles. The van der Waals surface area contributed by atoms with Crippen molar-refractivity contribution in [1.29, 1.82) is 5.26 Å². The number of rotatable bonds is 6. The van der Waals surface area contributed by atoms with E-state index in [0.717, 1.165) is 25.3 Å². The van der Waals surface area contributed by atoms with Crippen molar-refractivity contribution in [2.75, 3.05) is 7.11 Å². The van der Waals surface area contributed by atoms with Gasteiger partial charge >= 0.3 is 5.97 Å². The van der Waals surface area contributed by atoms with Crippen LogP contribution in [0.25, 0.3) is 0 Å². The van der Waals surface area contributed by atoms with Gasteiger partial charge in [0.05, 0.1) is 18.1 Å². The number of carbonyl (C=O) groups excluding carboxylic acids is 2. The summed E-state index contributed by atoms with van der Waals surface area (Å²) in [6.45, 7) is 1.37. The highest BCUT2D eigenvalue weighted by Gasteiger charge is 2.35. The van der Waals surface area contributed by atoms with Crippen molar-refractivity contribution in [3.63, 3.8) is 0 Å². The number of nitrogens with one attached hydrogen (secondary N) is 1. The lowest BCUT2D eigenvalue weighted by Gasteiger charge is -2.32. The molecule has 0 aromatic heterocycles. The Bertz CT molecular complexity index is 900. The maximum Gasteiger partial charge on any atom is 0.342 e. The predicted octanol–water partition coefficient (Wildman–Crippen LogP) is 1.23. The summed E-state index contributed by atoms with van der Waals surface area (Å²) in [6, 6.07) is 5.65. The highest BCUT2D eigenvalue weighted by atomic mass is 32.2. The van der Waals surface area contributed by atoms with Gasteiger partial charge in [0.1, 0.15) is 16.9 Å². The first kappa shape index (κ1) is 21.7. The van der Waals surface area contributed by atoms with Gasteiger partial charge in [-0.15, -0.1) is 0 Å². The molecule has 1 unspecified atom stereocenters. The number of nitrogens with two attached hydrogens (primary N) is 1. The van der Waals surface area contributed by atoms with Crippen LogP contribution in [0.1, 0.15) is 49.4 Å². The molecule has 152 valence electrons. The zero-order valence-corrected chi connectivity index (χ0v) is 16.5. The Hall–Kier alpha value is -2.64. The van der Waals surface area contributed by atoms with Gasteiger partial charge in [0.25, 0.3) is 5.91 Å². The Labute approximate surface area is 163 Å². The zero-order valence-electron chi connectivity index (χ0n) is 15.7. The third kappa shape index (κ3) is 4.99. The van der Waals surface area contributed by atoms with Gasteiger partial charge < -0.3 is 14.8 Å². The van der Waals surface area contributed by atoms with Gasteiger partial charge in [0.2, 0.25) is 10.0 Å². The standard InChI is InChI=1S/C18H23N3O6S/c1-12(16(22)21-18(11-19)8-4-3-5-9-18)27-17(23)14-10-13(28(20,24)25)6-7-15(14)26-2/h6-7,10,12H,3-5,8-9H2,1-2H3,(H,21,22)(H2,20,24,25). The number of carbonyl (C=O) groups is 2. The van der Waals surface area contributed by atoms with Gasteiger partial charge in [0, 0.05) is 0 Å². The molecular formula is C18H23N3O6S. The number of primary sulfonamides is 1. The second-order valence-corrected chi connectivity index (χ2v) is 8.26. The van der Waals surface area contributed by atoms with E-state index in [0.29, 0.717) is 12.8 Å². The van der Waals surface area contributed by atoms with Crippen LogP contribution in [0.15, 0.2) is 23.1 Å². The summed E-state index contributed by atoms with van der Waals surface area (Å²) < 4.78 is 33.2. The summed E-state index contributed by atoms with van der Waals surface area (Å²) >= 11 is 0. The van der Waals surface area contributed by atoms with Crippen molar-refractivity contribution >= 4 is 21.9 Å². The van der Waals surface area contributed by atoms with Crippen molar-refractivity contribution < 1.29 is 27.5 Å².